The number of anilines is 1. The minimum atomic E-state index is -0.180. The van der Waals surface area contributed by atoms with Crippen LogP contribution in [-0.2, 0) is 9.53 Å². The van der Waals surface area contributed by atoms with Crippen molar-refractivity contribution in [1.29, 1.82) is 0 Å². The van der Waals surface area contributed by atoms with E-state index >= 15 is 0 Å². The minimum Gasteiger partial charge on any atom is -0.491 e. The second-order valence-electron chi connectivity index (χ2n) is 8.78. The number of halogens is 2. The molecule has 3 rings (SSSR count). The number of esters is 1. The first-order valence-electron chi connectivity index (χ1n) is 11.9. The number of hydrogen-bond acceptors (Lipinski definition) is 4. The Morgan fingerprint density at radius 2 is 1.56 bits per heavy atom. The van der Waals surface area contributed by atoms with Crippen molar-refractivity contribution in [1.82, 2.24) is 0 Å². The van der Waals surface area contributed by atoms with Gasteiger partial charge in [0, 0.05) is 38.4 Å². The molecule has 0 unspecified atom stereocenters. The van der Waals surface area contributed by atoms with Crippen molar-refractivity contribution in [2.24, 2.45) is 0 Å². The van der Waals surface area contributed by atoms with Crippen molar-refractivity contribution in [3.63, 3.8) is 0 Å². The van der Waals surface area contributed by atoms with Crippen molar-refractivity contribution < 1.29 is 18.8 Å². The molecule has 5 nitrogen and oxygen atoms in total. The van der Waals surface area contributed by atoms with E-state index in [-0.39, 0.29) is 5.97 Å². The molecule has 0 radical (unpaired) electrons. The molecule has 0 N–H and O–H groups in total. The van der Waals surface area contributed by atoms with Crippen LogP contribution in [0.25, 0.3) is 5.57 Å². The van der Waals surface area contributed by atoms with Crippen molar-refractivity contribution in [3.05, 3.63) is 84.5 Å². The Balaban J connectivity index is 1.96. The van der Waals surface area contributed by atoms with Crippen LogP contribution >= 0.6 is 45.2 Å². The highest BCUT2D eigenvalue weighted by atomic mass is 127. The average molecular weight is 711 g/mol. The maximum Gasteiger partial charge on any atom is 0.305 e. The second-order valence-corrected chi connectivity index (χ2v) is 11.1. The highest BCUT2D eigenvalue weighted by Gasteiger charge is 2.17. The van der Waals surface area contributed by atoms with Crippen molar-refractivity contribution in [3.8, 4) is 5.75 Å². The smallest absolute Gasteiger partial charge is 0.305 e. The third-order valence-corrected chi connectivity index (χ3v) is 7.31. The van der Waals surface area contributed by atoms with Gasteiger partial charge in [0.25, 0.3) is 0 Å². The molecule has 36 heavy (non-hydrogen) atoms. The van der Waals surface area contributed by atoms with Gasteiger partial charge in [-0.3, -0.25) is 4.79 Å². The molecule has 1 aliphatic rings. The first-order chi connectivity index (χ1) is 17.2. The lowest BCUT2D eigenvalue weighted by Crippen LogP contribution is -2.10. The standard InChI is InChI=1S/C29H33I2N2O3/c1-6-35-27(34)8-7-17-36-29-25(30)18-22(19-26(29)31)28(20-9-13-23(14-10-20)32(2)3)21-11-15-24(16-12-21)33(4)5/h9-16,18-19H,6-8,17H2,1-5H3/q+1. The molecular weight excluding hydrogens is 678 g/mol. The fraction of sp³-hybridized carbons (Fsp3) is 0.310. The van der Waals surface area contributed by atoms with Gasteiger partial charge in [-0.05, 0) is 117 Å². The first kappa shape index (κ1) is 28.4. The molecular formula is C29H33I2N2O3+. The number of carbonyl (C=O) groups excluding carboxylic acids is 1. The lowest BCUT2D eigenvalue weighted by atomic mass is 9.90. The van der Waals surface area contributed by atoms with Gasteiger partial charge in [-0.15, -0.1) is 0 Å². The third-order valence-electron chi connectivity index (χ3n) is 5.71. The molecule has 0 heterocycles. The highest BCUT2D eigenvalue weighted by molar-refractivity contribution is 14.1. The number of allylic oxidation sites excluding steroid dienone is 5. The summed E-state index contributed by atoms with van der Waals surface area (Å²) in [5.41, 5.74) is 6.96. The molecule has 0 saturated carbocycles. The van der Waals surface area contributed by atoms with Gasteiger partial charge in [0.2, 0.25) is 0 Å². The van der Waals surface area contributed by atoms with Crippen molar-refractivity contribution in [2.45, 2.75) is 19.8 Å². The van der Waals surface area contributed by atoms with E-state index in [0.717, 1.165) is 41.0 Å². The molecule has 190 valence electrons. The molecule has 0 saturated heterocycles. The van der Waals surface area contributed by atoms with E-state index in [1.807, 2.05) is 6.92 Å². The van der Waals surface area contributed by atoms with Crippen LogP contribution in [0.15, 0.2) is 66.3 Å². The van der Waals surface area contributed by atoms with Crippen molar-refractivity contribution in [2.75, 3.05) is 46.3 Å². The monoisotopic (exact) mass is 711 g/mol. The Labute approximate surface area is 241 Å². The molecule has 0 bridgehead atoms. The summed E-state index contributed by atoms with van der Waals surface area (Å²) in [5, 5.41) is 0. The summed E-state index contributed by atoms with van der Waals surface area (Å²) in [4.78, 5) is 13.7. The Bertz CT molecular complexity index is 1180. The number of hydrogen-bond donors (Lipinski definition) is 0. The van der Waals surface area contributed by atoms with Crippen LogP contribution in [0.5, 0.6) is 5.75 Å². The Morgan fingerprint density at radius 3 is 2.08 bits per heavy atom. The van der Waals surface area contributed by atoms with E-state index in [0.29, 0.717) is 26.1 Å². The molecule has 0 spiro atoms. The molecule has 0 aromatic heterocycles. The second kappa shape index (κ2) is 13.4. The summed E-state index contributed by atoms with van der Waals surface area (Å²) in [6, 6.07) is 13.0. The normalized spacial score (nSPS) is 12.5. The average Bonchev–Trinajstić information content (AvgIpc) is 2.84. The van der Waals surface area contributed by atoms with Crippen LogP contribution in [0.3, 0.4) is 0 Å². The Kier molecular flexibility index (Phi) is 10.6. The van der Waals surface area contributed by atoms with Crippen LogP contribution < -0.4 is 9.64 Å². The zero-order chi connectivity index (χ0) is 26.2. The number of carbonyl (C=O) groups is 1. The van der Waals surface area contributed by atoms with Gasteiger partial charge in [0.15, 0.2) is 5.71 Å². The fourth-order valence-corrected chi connectivity index (χ4v) is 5.90. The molecule has 0 aliphatic heterocycles. The van der Waals surface area contributed by atoms with Gasteiger partial charge in [-0.2, -0.15) is 0 Å². The number of rotatable bonds is 9. The summed E-state index contributed by atoms with van der Waals surface area (Å²) < 4.78 is 15.3. The van der Waals surface area contributed by atoms with Crippen LogP contribution in [0.2, 0.25) is 0 Å². The Morgan fingerprint density at radius 1 is 0.944 bits per heavy atom. The molecule has 1 aliphatic carbocycles. The quantitative estimate of drug-likeness (QED) is 0.132. The summed E-state index contributed by atoms with van der Waals surface area (Å²) in [6.45, 7) is 2.70. The minimum absolute atomic E-state index is 0.180. The zero-order valence-corrected chi connectivity index (χ0v) is 25.8. The van der Waals surface area contributed by atoms with E-state index < -0.39 is 0 Å². The largest absolute Gasteiger partial charge is 0.491 e. The van der Waals surface area contributed by atoms with Gasteiger partial charge in [0.05, 0.1) is 20.4 Å². The third kappa shape index (κ3) is 7.44. The van der Waals surface area contributed by atoms with Crippen molar-refractivity contribution >= 4 is 68.1 Å². The maximum atomic E-state index is 11.6. The lowest BCUT2D eigenvalue weighted by molar-refractivity contribution is -0.462. The predicted octanol–water partition coefficient (Wildman–Crippen LogP) is 6.32. The highest BCUT2D eigenvalue weighted by Crippen LogP contribution is 2.36. The number of benzene rings is 2. The number of ether oxygens (including phenoxy) is 2. The molecule has 7 heteroatoms. The molecule has 0 atom stereocenters. The van der Waals surface area contributed by atoms with Crippen LogP contribution in [-0.4, -0.2) is 57.7 Å². The summed E-state index contributed by atoms with van der Waals surface area (Å²) in [7, 11) is 8.21. The Hall–Kier alpha value is -2.14. The van der Waals surface area contributed by atoms with E-state index in [1.165, 1.54) is 5.57 Å². The van der Waals surface area contributed by atoms with E-state index in [9.17, 15) is 4.79 Å². The molecule has 2 aromatic rings. The van der Waals surface area contributed by atoms with E-state index in [4.69, 9.17) is 9.47 Å². The lowest BCUT2D eigenvalue weighted by Gasteiger charge is -2.18. The van der Waals surface area contributed by atoms with Gasteiger partial charge in [-0.25, -0.2) is 4.58 Å². The van der Waals surface area contributed by atoms with Crippen LogP contribution in [0, 0.1) is 7.14 Å². The zero-order valence-electron chi connectivity index (χ0n) is 21.5. The topological polar surface area (TPSA) is 41.8 Å². The van der Waals surface area contributed by atoms with Gasteiger partial charge in [0.1, 0.15) is 19.8 Å². The molecule has 2 aromatic carbocycles. The molecule has 0 fully saturated rings. The molecule has 0 amide bonds. The number of nitrogens with zero attached hydrogens (tertiary/aromatic N) is 2. The van der Waals surface area contributed by atoms with Gasteiger partial charge in [-0.1, -0.05) is 12.1 Å². The van der Waals surface area contributed by atoms with E-state index in [1.54, 1.807) is 0 Å². The predicted molar refractivity (Wildman–Crippen MR) is 165 cm³/mol. The van der Waals surface area contributed by atoms with Crippen LogP contribution in [0.4, 0.5) is 5.69 Å². The van der Waals surface area contributed by atoms with Gasteiger partial charge >= 0.3 is 5.97 Å². The van der Waals surface area contributed by atoms with Gasteiger partial charge < -0.3 is 14.4 Å². The summed E-state index contributed by atoms with van der Waals surface area (Å²) in [5.74, 6) is 0.676. The first-order valence-corrected chi connectivity index (χ1v) is 14.1. The summed E-state index contributed by atoms with van der Waals surface area (Å²) >= 11 is 4.68. The van der Waals surface area contributed by atoms with Crippen LogP contribution in [0.1, 0.15) is 30.9 Å². The maximum absolute atomic E-state index is 11.6. The SMILES string of the molecule is CCOC(=O)CCCOc1c(I)cc(C(=C2C=CC(=[N+](C)C)C=C2)c2ccc(N(C)C)cc2)cc1I. The fourth-order valence-electron chi connectivity index (χ4n) is 3.82. The summed E-state index contributed by atoms with van der Waals surface area (Å²) in [6.07, 6.45) is 9.67. The van der Waals surface area contributed by atoms with E-state index in [2.05, 4.69) is 144 Å².